The van der Waals surface area contributed by atoms with Gasteiger partial charge in [0.2, 0.25) is 10.0 Å². The number of rotatable bonds is 14. The molecule has 9 nitrogen and oxygen atoms in total. The fourth-order valence-electron chi connectivity index (χ4n) is 5.40. The lowest BCUT2D eigenvalue weighted by atomic mass is 10.1. The molecule has 0 N–H and O–H groups in total. The SMILES string of the molecule is Cn1c(=O)ccc2cc(OCCCN(CCN3CCC(OCc4cccnc4)CC3)S(=O)(=O)Cc3ccccc3)ccc21. The second-order valence-electron chi connectivity index (χ2n) is 11.0. The largest absolute Gasteiger partial charge is 0.494 e. The van der Waals surface area contributed by atoms with Gasteiger partial charge < -0.3 is 18.9 Å². The van der Waals surface area contributed by atoms with E-state index in [2.05, 4.69) is 9.88 Å². The molecule has 0 unspecified atom stereocenters. The zero-order valence-electron chi connectivity index (χ0n) is 24.7. The van der Waals surface area contributed by atoms with Crippen molar-refractivity contribution in [3.05, 3.63) is 107 Å². The van der Waals surface area contributed by atoms with Crippen molar-refractivity contribution in [2.75, 3.05) is 39.3 Å². The van der Waals surface area contributed by atoms with Gasteiger partial charge in [0.15, 0.2) is 0 Å². The van der Waals surface area contributed by atoms with Crippen molar-refractivity contribution >= 4 is 20.9 Å². The summed E-state index contributed by atoms with van der Waals surface area (Å²) in [6.07, 6.45) is 6.19. The number of hydrogen-bond acceptors (Lipinski definition) is 7. The quantitative estimate of drug-likeness (QED) is 0.199. The molecule has 5 rings (SSSR count). The number of ether oxygens (including phenoxy) is 2. The number of fused-ring (bicyclic) bond motifs is 1. The average molecular weight is 605 g/mol. The first-order valence-electron chi connectivity index (χ1n) is 14.8. The van der Waals surface area contributed by atoms with Crippen LogP contribution in [0.5, 0.6) is 5.75 Å². The van der Waals surface area contributed by atoms with E-state index in [1.807, 2.05) is 66.9 Å². The summed E-state index contributed by atoms with van der Waals surface area (Å²) in [7, 11) is -1.78. The average Bonchev–Trinajstić information content (AvgIpc) is 3.02. The molecular formula is C33H40N4O5S. The molecule has 0 aliphatic carbocycles. The molecule has 0 bridgehead atoms. The van der Waals surface area contributed by atoms with Gasteiger partial charge in [0.1, 0.15) is 5.75 Å². The fraction of sp³-hybridized carbons (Fsp3) is 0.394. The maximum absolute atomic E-state index is 13.5. The number of hydrogen-bond donors (Lipinski definition) is 0. The van der Waals surface area contributed by atoms with Crippen LogP contribution in [0, 0.1) is 0 Å². The number of aromatic nitrogens is 2. The van der Waals surface area contributed by atoms with Gasteiger partial charge in [0.05, 0.1) is 30.6 Å². The maximum Gasteiger partial charge on any atom is 0.250 e. The Hall–Kier alpha value is -3.57. The molecule has 2 aromatic heterocycles. The highest BCUT2D eigenvalue weighted by molar-refractivity contribution is 7.88. The summed E-state index contributed by atoms with van der Waals surface area (Å²) in [5.41, 5.74) is 2.63. The topological polar surface area (TPSA) is 94.0 Å². The fourth-order valence-corrected chi connectivity index (χ4v) is 6.96. The summed E-state index contributed by atoms with van der Waals surface area (Å²) in [5.74, 6) is 0.668. The van der Waals surface area contributed by atoms with Gasteiger partial charge in [-0.3, -0.25) is 9.78 Å². The summed E-state index contributed by atoms with van der Waals surface area (Å²) in [4.78, 5) is 18.4. The number of piperidine rings is 1. The summed E-state index contributed by atoms with van der Waals surface area (Å²) in [6, 6.07) is 22.2. The van der Waals surface area contributed by atoms with Gasteiger partial charge in [-0.15, -0.1) is 0 Å². The Bertz CT molecular complexity index is 1620. The highest BCUT2D eigenvalue weighted by Gasteiger charge is 2.25. The smallest absolute Gasteiger partial charge is 0.250 e. The lowest BCUT2D eigenvalue weighted by molar-refractivity contribution is -0.00301. The van der Waals surface area contributed by atoms with Crippen molar-refractivity contribution < 1.29 is 17.9 Å². The Kier molecular flexibility index (Phi) is 10.6. The molecular weight excluding hydrogens is 564 g/mol. The van der Waals surface area contributed by atoms with Crippen LogP contribution in [0.1, 0.15) is 30.4 Å². The first kappa shape index (κ1) is 30.9. The van der Waals surface area contributed by atoms with Crippen molar-refractivity contribution in [2.45, 2.75) is 37.7 Å². The molecule has 1 aliphatic rings. The molecule has 0 atom stereocenters. The summed E-state index contributed by atoms with van der Waals surface area (Å²) < 4.78 is 42.4. The number of nitrogens with zero attached hydrogens (tertiary/aromatic N) is 4. The van der Waals surface area contributed by atoms with Crippen molar-refractivity contribution in [3.8, 4) is 5.75 Å². The Labute approximate surface area is 253 Å². The van der Waals surface area contributed by atoms with E-state index in [-0.39, 0.29) is 17.4 Å². The molecule has 2 aromatic carbocycles. The highest BCUT2D eigenvalue weighted by atomic mass is 32.2. The Morgan fingerprint density at radius 1 is 0.953 bits per heavy atom. The number of likely N-dealkylation sites (tertiary alicyclic amines) is 1. The highest BCUT2D eigenvalue weighted by Crippen LogP contribution is 2.20. The normalized spacial score (nSPS) is 14.8. The van der Waals surface area contributed by atoms with Crippen molar-refractivity contribution in [2.24, 2.45) is 7.05 Å². The third kappa shape index (κ3) is 8.73. The monoisotopic (exact) mass is 604 g/mol. The summed E-state index contributed by atoms with van der Waals surface area (Å²) in [6.45, 7) is 4.18. The van der Waals surface area contributed by atoms with E-state index in [1.54, 1.807) is 34.2 Å². The van der Waals surface area contributed by atoms with Gasteiger partial charge in [-0.05, 0) is 60.7 Å². The van der Waals surface area contributed by atoms with Crippen molar-refractivity contribution in [3.63, 3.8) is 0 Å². The van der Waals surface area contributed by atoms with Crippen LogP contribution in [0.3, 0.4) is 0 Å². The molecule has 0 amide bonds. The van der Waals surface area contributed by atoms with Crippen LogP contribution in [0.4, 0.5) is 0 Å². The minimum atomic E-state index is -3.52. The van der Waals surface area contributed by atoms with E-state index >= 15 is 0 Å². The molecule has 1 aliphatic heterocycles. The zero-order chi connectivity index (χ0) is 30.1. The van der Waals surface area contributed by atoms with E-state index < -0.39 is 10.0 Å². The standard InChI is InChI=1S/C33H40N4O5S/c1-35-32-12-11-31(23-29(32)10-13-33(35)38)41-22-6-17-37(43(39,40)26-27-7-3-2-4-8-27)21-20-36-18-14-30(15-19-36)42-25-28-9-5-16-34-24-28/h2-5,7-13,16,23-24,30H,6,14-15,17-22,25-26H2,1H3. The van der Waals surface area contributed by atoms with Crippen LogP contribution in [-0.2, 0) is 34.2 Å². The minimum absolute atomic E-state index is 0.0254. The summed E-state index contributed by atoms with van der Waals surface area (Å²) in [5, 5.41) is 0.915. The lowest BCUT2D eigenvalue weighted by Gasteiger charge is -2.33. The van der Waals surface area contributed by atoms with Gasteiger partial charge in [-0.2, -0.15) is 0 Å². The Balaban J connectivity index is 1.14. The molecule has 43 heavy (non-hydrogen) atoms. The molecule has 1 saturated heterocycles. The van der Waals surface area contributed by atoms with E-state index in [0.29, 0.717) is 45.0 Å². The number of benzene rings is 2. The van der Waals surface area contributed by atoms with Crippen LogP contribution >= 0.6 is 0 Å². The predicted molar refractivity (Wildman–Crippen MR) is 168 cm³/mol. The lowest BCUT2D eigenvalue weighted by Crippen LogP contribution is -2.43. The maximum atomic E-state index is 13.5. The number of aryl methyl sites for hydroxylation is 1. The third-order valence-electron chi connectivity index (χ3n) is 7.91. The van der Waals surface area contributed by atoms with Crippen LogP contribution < -0.4 is 10.3 Å². The molecule has 0 radical (unpaired) electrons. The second kappa shape index (κ2) is 14.7. The molecule has 228 valence electrons. The van der Waals surface area contributed by atoms with Crippen LogP contribution in [0.2, 0.25) is 0 Å². The van der Waals surface area contributed by atoms with E-state index in [0.717, 1.165) is 48.0 Å². The molecule has 0 spiro atoms. The number of sulfonamides is 1. The first-order chi connectivity index (χ1) is 20.9. The minimum Gasteiger partial charge on any atom is -0.494 e. The van der Waals surface area contributed by atoms with Crippen LogP contribution in [-0.4, -0.2) is 72.6 Å². The Morgan fingerprint density at radius 3 is 2.51 bits per heavy atom. The van der Waals surface area contributed by atoms with E-state index in [1.165, 1.54) is 0 Å². The predicted octanol–water partition coefficient (Wildman–Crippen LogP) is 4.22. The van der Waals surface area contributed by atoms with Crippen molar-refractivity contribution in [1.29, 1.82) is 0 Å². The van der Waals surface area contributed by atoms with Gasteiger partial charge >= 0.3 is 0 Å². The summed E-state index contributed by atoms with van der Waals surface area (Å²) >= 11 is 0. The molecule has 3 heterocycles. The molecule has 1 fully saturated rings. The third-order valence-corrected chi connectivity index (χ3v) is 9.76. The van der Waals surface area contributed by atoms with Gasteiger partial charge in [-0.1, -0.05) is 36.4 Å². The van der Waals surface area contributed by atoms with Gasteiger partial charge in [-0.25, -0.2) is 12.7 Å². The molecule has 10 heteroatoms. The van der Waals surface area contributed by atoms with Gasteiger partial charge in [0, 0.05) is 63.6 Å². The van der Waals surface area contributed by atoms with Gasteiger partial charge in [0.25, 0.3) is 5.56 Å². The first-order valence-corrected chi connectivity index (χ1v) is 16.5. The Morgan fingerprint density at radius 2 is 1.74 bits per heavy atom. The van der Waals surface area contributed by atoms with E-state index in [9.17, 15) is 13.2 Å². The number of pyridine rings is 2. The molecule has 4 aromatic rings. The molecule has 0 saturated carbocycles. The second-order valence-corrected chi connectivity index (χ2v) is 13.0. The van der Waals surface area contributed by atoms with Crippen molar-refractivity contribution in [1.82, 2.24) is 18.8 Å². The van der Waals surface area contributed by atoms with Crippen LogP contribution in [0.15, 0.2) is 90.0 Å². The van der Waals surface area contributed by atoms with E-state index in [4.69, 9.17) is 9.47 Å². The zero-order valence-corrected chi connectivity index (χ0v) is 25.5. The van der Waals surface area contributed by atoms with Crippen LogP contribution in [0.25, 0.3) is 10.9 Å².